The Balaban J connectivity index is 2.27. The van der Waals surface area contributed by atoms with E-state index in [2.05, 4.69) is 5.32 Å². The van der Waals surface area contributed by atoms with E-state index in [0.29, 0.717) is 4.73 Å². The quantitative estimate of drug-likeness (QED) is 0.640. The molecule has 1 aromatic carbocycles. The molecular formula is C13H10N2O4. The maximum Gasteiger partial charge on any atom is 0.337 e. The number of carbonyl (C=O) groups excluding carboxylic acids is 1. The van der Waals surface area contributed by atoms with Gasteiger partial charge in [-0.15, -0.1) is 0 Å². The van der Waals surface area contributed by atoms with Crippen LogP contribution in [0.4, 0.5) is 5.69 Å². The molecular weight excluding hydrogens is 248 g/mol. The zero-order valence-electron chi connectivity index (χ0n) is 9.74. The van der Waals surface area contributed by atoms with Crippen LogP contribution in [0.25, 0.3) is 0 Å². The van der Waals surface area contributed by atoms with Gasteiger partial charge in [0.1, 0.15) is 5.56 Å². The lowest BCUT2D eigenvalue weighted by Crippen LogP contribution is -2.27. The van der Waals surface area contributed by atoms with Crippen LogP contribution in [0.2, 0.25) is 0 Å². The van der Waals surface area contributed by atoms with Gasteiger partial charge in [0.05, 0.1) is 11.3 Å². The lowest BCUT2D eigenvalue weighted by Gasteiger charge is -2.07. The monoisotopic (exact) mass is 258 g/mol. The summed E-state index contributed by atoms with van der Waals surface area (Å²) in [6.07, 6.45) is 2.36. The Morgan fingerprint density at radius 2 is 1.89 bits per heavy atom. The average Bonchev–Trinajstić information content (AvgIpc) is 2.39. The highest BCUT2D eigenvalue weighted by Crippen LogP contribution is 2.15. The first-order valence-corrected chi connectivity index (χ1v) is 5.40. The van der Waals surface area contributed by atoms with Gasteiger partial charge in [-0.25, -0.2) is 4.79 Å². The molecule has 1 heterocycles. The van der Waals surface area contributed by atoms with Crippen LogP contribution in [0, 0.1) is 5.21 Å². The Morgan fingerprint density at radius 1 is 1.16 bits per heavy atom. The Morgan fingerprint density at radius 3 is 2.58 bits per heavy atom. The summed E-state index contributed by atoms with van der Waals surface area (Å²) in [6.45, 7) is 0. The third-order valence-electron chi connectivity index (χ3n) is 2.44. The Kier molecular flexibility index (Phi) is 3.42. The van der Waals surface area contributed by atoms with Crippen molar-refractivity contribution < 1.29 is 19.4 Å². The van der Waals surface area contributed by atoms with E-state index in [1.54, 1.807) is 12.1 Å². The summed E-state index contributed by atoms with van der Waals surface area (Å²) >= 11 is 0. The summed E-state index contributed by atoms with van der Waals surface area (Å²) in [5.41, 5.74) is 0.320. The third-order valence-corrected chi connectivity index (χ3v) is 2.44. The molecule has 2 aromatic rings. The highest BCUT2D eigenvalue weighted by atomic mass is 16.5. The highest BCUT2D eigenvalue weighted by molar-refractivity contribution is 6.07. The van der Waals surface area contributed by atoms with Gasteiger partial charge in [-0.1, -0.05) is 12.1 Å². The minimum Gasteiger partial charge on any atom is -0.619 e. The maximum absolute atomic E-state index is 11.9. The molecule has 1 amide bonds. The number of rotatable bonds is 3. The molecule has 0 aliphatic rings. The Labute approximate surface area is 108 Å². The molecule has 19 heavy (non-hydrogen) atoms. The number of carboxylic acid groups (broad SMARTS) is 1. The molecule has 0 bridgehead atoms. The lowest BCUT2D eigenvalue weighted by atomic mass is 10.1. The van der Waals surface area contributed by atoms with E-state index in [4.69, 9.17) is 5.11 Å². The van der Waals surface area contributed by atoms with E-state index in [1.807, 2.05) is 0 Å². The number of pyridine rings is 1. The second-order valence-corrected chi connectivity index (χ2v) is 3.76. The van der Waals surface area contributed by atoms with Crippen molar-refractivity contribution in [2.45, 2.75) is 0 Å². The van der Waals surface area contributed by atoms with E-state index >= 15 is 0 Å². The Bertz CT molecular complexity index is 640. The van der Waals surface area contributed by atoms with E-state index in [0.717, 1.165) is 6.20 Å². The van der Waals surface area contributed by atoms with Crippen LogP contribution in [0.15, 0.2) is 48.8 Å². The average molecular weight is 258 g/mol. The van der Waals surface area contributed by atoms with Gasteiger partial charge in [-0.2, -0.15) is 4.73 Å². The van der Waals surface area contributed by atoms with Crippen LogP contribution >= 0.6 is 0 Å². The molecule has 0 fully saturated rings. The van der Waals surface area contributed by atoms with Crippen molar-refractivity contribution in [2.24, 2.45) is 0 Å². The van der Waals surface area contributed by atoms with Crippen molar-refractivity contribution in [2.75, 3.05) is 5.32 Å². The largest absolute Gasteiger partial charge is 0.619 e. The number of aromatic carboxylic acids is 1. The number of hydrogen-bond acceptors (Lipinski definition) is 3. The first kappa shape index (κ1) is 12.6. The van der Waals surface area contributed by atoms with E-state index in [1.165, 1.54) is 30.5 Å². The number of para-hydroxylation sites is 1. The van der Waals surface area contributed by atoms with Gasteiger partial charge < -0.3 is 15.6 Å². The summed E-state index contributed by atoms with van der Waals surface area (Å²) in [5, 5.41) is 22.5. The number of hydrogen-bond donors (Lipinski definition) is 2. The van der Waals surface area contributed by atoms with Gasteiger partial charge in [0.25, 0.3) is 5.91 Å². The van der Waals surface area contributed by atoms with Crippen LogP contribution < -0.4 is 10.0 Å². The molecule has 96 valence electrons. The smallest absolute Gasteiger partial charge is 0.337 e. The van der Waals surface area contributed by atoms with Crippen molar-refractivity contribution in [1.82, 2.24) is 0 Å². The number of carboxylic acids is 1. The molecule has 6 nitrogen and oxygen atoms in total. The standard InChI is InChI=1S/C13H10N2O4/c16-12(9-4-3-7-15(19)8-9)14-11-6-2-1-5-10(11)13(17)18/h1-8H,(H,14,16)(H,17,18). The number of aromatic nitrogens is 1. The second-order valence-electron chi connectivity index (χ2n) is 3.76. The van der Waals surface area contributed by atoms with Gasteiger partial charge in [0, 0.05) is 6.07 Å². The van der Waals surface area contributed by atoms with Crippen molar-refractivity contribution in [3.63, 3.8) is 0 Å². The van der Waals surface area contributed by atoms with Crippen LogP contribution in [-0.4, -0.2) is 17.0 Å². The predicted octanol–water partition coefficient (Wildman–Crippen LogP) is 1.27. The fourth-order valence-electron chi connectivity index (χ4n) is 1.56. The first-order valence-electron chi connectivity index (χ1n) is 5.40. The summed E-state index contributed by atoms with van der Waals surface area (Å²) in [4.78, 5) is 22.9. The summed E-state index contributed by atoms with van der Waals surface area (Å²) in [6, 6.07) is 8.94. The number of amides is 1. The van der Waals surface area contributed by atoms with Gasteiger partial charge >= 0.3 is 5.97 Å². The van der Waals surface area contributed by atoms with Crippen LogP contribution in [0.5, 0.6) is 0 Å². The number of benzene rings is 1. The molecule has 0 atom stereocenters. The highest BCUT2D eigenvalue weighted by Gasteiger charge is 2.14. The SMILES string of the molecule is O=C(Nc1ccccc1C(=O)O)c1ccc[n+]([O-])c1. The van der Waals surface area contributed by atoms with Crippen molar-refractivity contribution in [1.29, 1.82) is 0 Å². The molecule has 0 aliphatic carbocycles. The van der Waals surface area contributed by atoms with E-state index < -0.39 is 11.9 Å². The third kappa shape index (κ3) is 2.86. The number of carbonyl (C=O) groups is 2. The number of nitrogens with one attached hydrogen (secondary N) is 1. The molecule has 0 unspecified atom stereocenters. The zero-order chi connectivity index (χ0) is 13.8. The fourth-order valence-corrected chi connectivity index (χ4v) is 1.56. The molecule has 2 N–H and O–H groups in total. The van der Waals surface area contributed by atoms with E-state index in [9.17, 15) is 14.8 Å². The zero-order valence-corrected chi connectivity index (χ0v) is 9.74. The van der Waals surface area contributed by atoms with Gasteiger partial charge in [0.2, 0.25) is 0 Å². The predicted molar refractivity (Wildman–Crippen MR) is 66.8 cm³/mol. The molecule has 0 saturated heterocycles. The van der Waals surface area contributed by atoms with Gasteiger partial charge in [0.15, 0.2) is 12.4 Å². The fraction of sp³-hybridized carbons (Fsp3) is 0. The number of anilines is 1. The first-order chi connectivity index (χ1) is 9.08. The summed E-state index contributed by atoms with van der Waals surface area (Å²) in [7, 11) is 0. The topological polar surface area (TPSA) is 93.3 Å². The van der Waals surface area contributed by atoms with Crippen molar-refractivity contribution >= 4 is 17.6 Å². The second kappa shape index (κ2) is 5.18. The van der Waals surface area contributed by atoms with Gasteiger partial charge in [-0.05, 0) is 18.2 Å². The van der Waals surface area contributed by atoms with Crippen molar-refractivity contribution in [3.8, 4) is 0 Å². The minimum atomic E-state index is -1.14. The minimum absolute atomic E-state index is 0.0122. The lowest BCUT2D eigenvalue weighted by molar-refractivity contribution is -0.605. The maximum atomic E-state index is 11.9. The normalized spacial score (nSPS) is 9.89. The van der Waals surface area contributed by atoms with Crippen LogP contribution in [-0.2, 0) is 0 Å². The molecule has 0 aliphatic heterocycles. The Hall–Kier alpha value is -2.89. The molecule has 1 aromatic heterocycles. The summed E-state index contributed by atoms with van der Waals surface area (Å²) in [5.74, 6) is -1.68. The molecule has 6 heteroatoms. The molecule has 2 rings (SSSR count). The van der Waals surface area contributed by atoms with Crippen molar-refractivity contribution in [3.05, 3.63) is 65.1 Å². The van der Waals surface area contributed by atoms with Crippen LogP contribution in [0.3, 0.4) is 0 Å². The molecule has 0 radical (unpaired) electrons. The van der Waals surface area contributed by atoms with Gasteiger partial charge in [-0.3, -0.25) is 4.79 Å². The number of nitrogens with zero attached hydrogens (tertiary/aromatic N) is 1. The molecule has 0 spiro atoms. The summed E-state index contributed by atoms with van der Waals surface area (Å²) < 4.78 is 0.498. The van der Waals surface area contributed by atoms with E-state index in [-0.39, 0.29) is 16.8 Å². The molecule has 0 saturated carbocycles. The van der Waals surface area contributed by atoms with Crippen LogP contribution in [0.1, 0.15) is 20.7 Å².